The summed E-state index contributed by atoms with van der Waals surface area (Å²) in [6.07, 6.45) is 6.66. The van der Waals surface area contributed by atoms with Gasteiger partial charge in [0, 0.05) is 5.02 Å². The Bertz CT molecular complexity index is 461. The van der Waals surface area contributed by atoms with Gasteiger partial charge in [-0.3, -0.25) is 0 Å². The van der Waals surface area contributed by atoms with Crippen molar-refractivity contribution in [3.8, 4) is 6.07 Å². The van der Waals surface area contributed by atoms with Crippen molar-refractivity contribution in [2.24, 2.45) is 5.41 Å². The Balaban J connectivity index is 1.93. The minimum atomic E-state index is 0.000322. The summed E-state index contributed by atoms with van der Waals surface area (Å²) in [4.78, 5) is 0. The van der Waals surface area contributed by atoms with E-state index < -0.39 is 0 Å². The number of benzene rings is 1. The van der Waals surface area contributed by atoms with Crippen LogP contribution in [0.3, 0.4) is 0 Å². The zero-order valence-corrected chi connectivity index (χ0v) is 10.6. The van der Waals surface area contributed by atoms with Gasteiger partial charge in [-0.15, -0.1) is 0 Å². The second-order valence-electron chi connectivity index (χ2n) is 5.68. The average Bonchev–Trinajstić information content (AvgIpc) is 2.41. The van der Waals surface area contributed by atoms with Crippen LogP contribution in [0.1, 0.15) is 44.1 Å². The third-order valence-electron chi connectivity index (χ3n) is 4.92. The van der Waals surface area contributed by atoms with Gasteiger partial charge in [-0.2, -0.15) is 5.26 Å². The SMILES string of the molecule is N#CC12CCC(c3cccc(Cl)c3)(CC1)CC2. The van der Waals surface area contributed by atoms with Crippen LogP contribution in [0, 0.1) is 16.7 Å². The first-order chi connectivity index (χ1) is 8.18. The van der Waals surface area contributed by atoms with Crippen LogP contribution in [0.15, 0.2) is 24.3 Å². The van der Waals surface area contributed by atoms with Gasteiger partial charge in [-0.25, -0.2) is 0 Å². The Kier molecular flexibility index (Phi) is 2.45. The summed E-state index contributed by atoms with van der Waals surface area (Å²) >= 11 is 6.10. The van der Waals surface area contributed by atoms with E-state index in [2.05, 4.69) is 18.2 Å². The van der Waals surface area contributed by atoms with Crippen molar-refractivity contribution in [2.75, 3.05) is 0 Å². The zero-order valence-electron chi connectivity index (χ0n) is 9.88. The molecular weight excluding hydrogens is 230 g/mol. The Morgan fingerprint density at radius 2 is 1.71 bits per heavy atom. The van der Waals surface area contributed by atoms with Crippen LogP contribution in [-0.2, 0) is 5.41 Å². The monoisotopic (exact) mass is 245 g/mol. The Morgan fingerprint density at radius 3 is 2.24 bits per heavy atom. The van der Waals surface area contributed by atoms with Crippen molar-refractivity contribution in [1.29, 1.82) is 5.26 Å². The minimum Gasteiger partial charge on any atom is -0.198 e. The summed E-state index contributed by atoms with van der Waals surface area (Å²) in [5.74, 6) is 0. The molecule has 1 aromatic rings. The first kappa shape index (κ1) is 11.1. The van der Waals surface area contributed by atoms with Crippen LogP contribution in [0.5, 0.6) is 0 Å². The van der Waals surface area contributed by atoms with Gasteiger partial charge < -0.3 is 0 Å². The molecule has 88 valence electrons. The molecule has 1 aromatic carbocycles. The third kappa shape index (κ3) is 1.67. The predicted molar refractivity (Wildman–Crippen MR) is 68.9 cm³/mol. The standard InChI is InChI=1S/C15H16ClN/c16-13-3-1-2-12(10-13)15-7-4-14(11-17,5-8-15)6-9-15/h1-3,10H,4-9H2. The summed E-state index contributed by atoms with van der Waals surface area (Å²) in [5, 5.41) is 10.1. The highest BCUT2D eigenvalue weighted by Gasteiger charge is 2.49. The third-order valence-corrected chi connectivity index (χ3v) is 5.16. The Labute approximate surface area is 107 Å². The first-order valence-electron chi connectivity index (χ1n) is 6.36. The molecule has 2 bridgehead atoms. The number of fused-ring (bicyclic) bond motifs is 3. The van der Waals surface area contributed by atoms with E-state index in [1.165, 1.54) is 5.56 Å². The number of rotatable bonds is 1. The van der Waals surface area contributed by atoms with E-state index in [9.17, 15) is 5.26 Å². The lowest BCUT2D eigenvalue weighted by molar-refractivity contribution is 0.0849. The number of nitriles is 1. The molecule has 0 heterocycles. The first-order valence-corrected chi connectivity index (χ1v) is 6.73. The van der Waals surface area contributed by atoms with Gasteiger partial charge in [0.15, 0.2) is 0 Å². The zero-order chi connectivity index (χ0) is 11.9. The van der Waals surface area contributed by atoms with E-state index in [-0.39, 0.29) is 5.41 Å². The molecule has 17 heavy (non-hydrogen) atoms. The largest absolute Gasteiger partial charge is 0.198 e. The van der Waals surface area contributed by atoms with Gasteiger partial charge >= 0.3 is 0 Å². The maximum Gasteiger partial charge on any atom is 0.0689 e. The molecule has 0 saturated heterocycles. The van der Waals surface area contributed by atoms with E-state index in [0.717, 1.165) is 43.5 Å². The maximum absolute atomic E-state index is 9.29. The number of hydrogen-bond donors (Lipinski definition) is 0. The molecule has 0 aliphatic heterocycles. The van der Waals surface area contributed by atoms with Crippen molar-refractivity contribution in [1.82, 2.24) is 0 Å². The van der Waals surface area contributed by atoms with Gasteiger partial charge in [0.2, 0.25) is 0 Å². The molecule has 0 aromatic heterocycles. The molecule has 0 radical (unpaired) electrons. The van der Waals surface area contributed by atoms with E-state index in [1.54, 1.807) is 0 Å². The van der Waals surface area contributed by atoms with Gasteiger partial charge in [0.1, 0.15) is 0 Å². The summed E-state index contributed by atoms with van der Waals surface area (Å²) < 4.78 is 0. The highest BCUT2D eigenvalue weighted by molar-refractivity contribution is 6.30. The molecule has 2 heteroatoms. The topological polar surface area (TPSA) is 23.8 Å². The van der Waals surface area contributed by atoms with E-state index in [4.69, 9.17) is 11.6 Å². The van der Waals surface area contributed by atoms with E-state index in [1.807, 2.05) is 12.1 Å². The summed E-state index contributed by atoms with van der Waals surface area (Å²) in [7, 11) is 0. The van der Waals surface area contributed by atoms with Crippen molar-refractivity contribution < 1.29 is 0 Å². The average molecular weight is 246 g/mol. The van der Waals surface area contributed by atoms with Crippen LogP contribution in [0.25, 0.3) is 0 Å². The lowest BCUT2D eigenvalue weighted by atomic mass is 9.52. The molecule has 0 amide bonds. The fourth-order valence-corrected chi connectivity index (χ4v) is 3.80. The molecule has 3 aliphatic carbocycles. The highest BCUT2D eigenvalue weighted by atomic mass is 35.5. The van der Waals surface area contributed by atoms with E-state index >= 15 is 0 Å². The molecule has 0 unspecified atom stereocenters. The number of hydrogen-bond acceptors (Lipinski definition) is 1. The summed E-state index contributed by atoms with van der Waals surface area (Å²) in [5.41, 5.74) is 1.69. The second kappa shape index (κ2) is 3.75. The maximum atomic E-state index is 9.29. The van der Waals surface area contributed by atoms with Gasteiger partial charge in [0.25, 0.3) is 0 Å². The lowest BCUT2D eigenvalue weighted by Crippen LogP contribution is -2.43. The molecule has 0 N–H and O–H groups in total. The minimum absolute atomic E-state index is 0.000322. The quantitative estimate of drug-likeness (QED) is 0.717. The van der Waals surface area contributed by atoms with Crippen LogP contribution < -0.4 is 0 Å². The van der Waals surface area contributed by atoms with Crippen molar-refractivity contribution in [2.45, 2.75) is 43.9 Å². The summed E-state index contributed by atoms with van der Waals surface area (Å²) in [6.45, 7) is 0. The van der Waals surface area contributed by atoms with Gasteiger partial charge in [-0.1, -0.05) is 23.7 Å². The molecule has 3 saturated carbocycles. The van der Waals surface area contributed by atoms with Crippen LogP contribution >= 0.6 is 11.6 Å². The van der Waals surface area contributed by atoms with Crippen LogP contribution in [-0.4, -0.2) is 0 Å². The van der Waals surface area contributed by atoms with Crippen molar-refractivity contribution in [3.63, 3.8) is 0 Å². The normalized spacial score (nSPS) is 35.5. The molecular formula is C15H16ClN. The highest BCUT2D eigenvalue weighted by Crippen LogP contribution is 2.57. The molecule has 3 aliphatic rings. The smallest absolute Gasteiger partial charge is 0.0689 e. The van der Waals surface area contributed by atoms with Crippen LogP contribution in [0.2, 0.25) is 5.02 Å². The predicted octanol–water partition coefficient (Wildman–Crippen LogP) is 4.46. The second-order valence-corrected chi connectivity index (χ2v) is 6.12. The Hall–Kier alpha value is -1.00. The molecule has 0 spiro atoms. The molecule has 0 atom stereocenters. The summed E-state index contributed by atoms with van der Waals surface area (Å²) in [6, 6.07) is 10.9. The fraction of sp³-hybridized carbons (Fsp3) is 0.533. The molecule has 3 fully saturated rings. The van der Waals surface area contributed by atoms with Gasteiger partial charge in [-0.05, 0) is 61.6 Å². The number of nitrogens with zero attached hydrogens (tertiary/aromatic N) is 1. The molecule has 4 rings (SSSR count). The lowest BCUT2D eigenvalue weighted by Gasteiger charge is -2.50. The van der Waals surface area contributed by atoms with E-state index in [0.29, 0.717) is 5.41 Å². The fourth-order valence-electron chi connectivity index (χ4n) is 3.60. The van der Waals surface area contributed by atoms with Crippen molar-refractivity contribution in [3.05, 3.63) is 34.9 Å². The van der Waals surface area contributed by atoms with Gasteiger partial charge in [0.05, 0.1) is 11.5 Å². The Morgan fingerprint density at radius 1 is 1.06 bits per heavy atom. The van der Waals surface area contributed by atoms with Crippen LogP contribution in [0.4, 0.5) is 0 Å². The molecule has 1 nitrogen and oxygen atoms in total. The van der Waals surface area contributed by atoms with Crippen molar-refractivity contribution >= 4 is 11.6 Å². The number of halogens is 1.